The minimum Gasteiger partial charge on any atom is -0.377 e. The molecule has 3 aromatic rings. The van der Waals surface area contributed by atoms with Gasteiger partial charge in [0.15, 0.2) is 5.69 Å². The first-order chi connectivity index (χ1) is 12.4. The number of nitrogens with one attached hydrogen (secondary N) is 2. The number of alkyl halides is 3. The summed E-state index contributed by atoms with van der Waals surface area (Å²) in [6.45, 7) is 0.416. The van der Waals surface area contributed by atoms with Crippen LogP contribution in [0.2, 0.25) is 0 Å². The zero-order chi connectivity index (χ0) is 18.6. The fourth-order valence-corrected chi connectivity index (χ4v) is 2.79. The predicted octanol–water partition coefficient (Wildman–Crippen LogP) is 4.42. The quantitative estimate of drug-likeness (QED) is 0.690. The first-order valence-electron chi connectivity index (χ1n) is 7.50. The molecule has 0 bridgehead atoms. The van der Waals surface area contributed by atoms with E-state index in [1.165, 1.54) is 12.1 Å². The second-order valence-corrected chi connectivity index (χ2v) is 5.91. The number of carbonyl (C=O) groups excluding carboxylic acids is 1. The number of rotatable bonds is 5. The second kappa shape index (κ2) is 7.52. The van der Waals surface area contributed by atoms with E-state index in [1.54, 1.807) is 17.6 Å². The lowest BCUT2D eigenvalue weighted by Gasteiger charge is -2.09. The van der Waals surface area contributed by atoms with E-state index in [1.807, 2.05) is 12.1 Å². The Morgan fingerprint density at radius 3 is 2.54 bits per heavy atom. The molecule has 2 heterocycles. The van der Waals surface area contributed by atoms with Gasteiger partial charge in [0.05, 0.1) is 23.5 Å². The molecule has 3 rings (SSSR count). The Morgan fingerprint density at radius 1 is 1.12 bits per heavy atom. The molecule has 0 aliphatic carbocycles. The average molecular weight is 378 g/mol. The lowest BCUT2D eigenvalue weighted by atomic mass is 10.2. The van der Waals surface area contributed by atoms with Crippen molar-refractivity contribution in [1.82, 2.24) is 9.36 Å². The van der Waals surface area contributed by atoms with Gasteiger partial charge in [0.25, 0.3) is 5.91 Å². The third-order valence-corrected chi connectivity index (χ3v) is 4.07. The molecule has 2 aromatic heterocycles. The average Bonchev–Trinajstić information content (AvgIpc) is 3.09. The number of anilines is 2. The second-order valence-electron chi connectivity index (χ2n) is 5.28. The molecule has 1 amide bonds. The summed E-state index contributed by atoms with van der Waals surface area (Å²) in [4.78, 5) is 16.5. The molecule has 0 saturated carbocycles. The molecule has 0 aliphatic rings. The van der Waals surface area contributed by atoms with Gasteiger partial charge < -0.3 is 10.6 Å². The minimum atomic E-state index is -4.42. The van der Waals surface area contributed by atoms with Crippen molar-refractivity contribution >= 4 is 28.8 Å². The molecule has 26 heavy (non-hydrogen) atoms. The van der Waals surface area contributed by atoms with Crippen LogP contribution in [0.25, 0.3) is 0 Å². The Morgan fingerprint density at radius 2 is 1.88 bits per heavy atom. The molecule has 134 valence electrons. The first-order valence-corrected chi connectivity index (χ1v) is 8.34. The van der Waals surface area contributed by atoms with E-state index in [0.29, 0.717) is 12.2 Å². The molecule has 0 radical (unpaired) electrons. The van der Waals surface area contributed by atoms with Gasteiger partial charge in [-0.05, 0) is 47.9 Å². The molecular weight excluding hydrogens is 365 g/mol. The van der Waals surface area contributed by atoms with E-state index in [9.17, 15) is 18.0 Å². The van der Waals surface area contributed by atoms with Gasteiger partial charge in [0, 0.05) is 17.3 Å². The molecule has 0 aliphatic heterocycles. The maximum atomic E-state index is 12.6. The maximum absolute atomic E-state index is 12.6. The van der Waals surface area contributed by atoms with Gasteiger partial charge in [-0.25, -0.2) is 0 Å². The van der Waals surface area contributed by atoms with E-state index >= 15 is 0 Å². The van der Waals surface area contributed by atoms with Gasteiger partial charge in [0.2, 0.25) is 0 Å². The van der Waals surface area contributed by atoms with Crippen molar-refractivity contribution in [3.8, 4) is 0 Å². The van der Waals surface area contributed by atoms with Crippen molar-refractivity contribution in [2.45, 2.75) is 12.7 Å². The number of pyridine rings is 1. The maximum Gasteiger partial charge on any atom is 0.416 e. The summed E-state index contributed by atoms with van der Waals surface area (Å²) in [6, 6.07) is 9.73. The Hall–Kier alpha value is -2.94. The standard InChI is InChI=1S/C17H13F3N4OS/c18-17(19,20)11-4-6-12(7-5-11)23-16(25)15-14(10-26-24-15)22-9-13-3-1-2-8-21-13/h1-8,10,22H,9H2,(H,23,25). The predicted molar refractivity (Wildman–Crippen MR) is 93.1 cm³/mol. The van der Waals surface area contributed by atoms with E-state index in [0.717, 1.165) is 29.4 Å². The van der Waals surface area contributed by atoms with E-state index in [2.05, 4.69) is 20.0 Å². The molecule has 0 atom stereocenters. The van der Waals surface area contributed by atoms with Gasteiger partial charge in [-0.2, -0.15) is 17.5 Å². The molecular formula is C17H13F3N4OS. The topological polar surface area (TPSA) is 66.9 Å². The summed E-state index contributed by atoms with van der Waals surface area (Å²) in [5.41, 5.74) is 0.984. The van der Waals surface area contributed by atoms with E-state index in [4.69, 9.17) is 0 Å². The fraction of sp³-hybridized carbons (Fsp3) is 0.118. The van der Waals surface area contributed by atoms with Crippen molar-refractivity contribution in [2.24, 2.45) is 0 Å². The number of hydrogen-bond acceptors (Lipinski definition) is 5. The van der Waals surface area contributed by atoms with Crippen LogP contribution in [0, 0.1) is 0 Å². The van der Waals surface area contributed by atoms with Crippen LogP contribution in [-0.4, -0.2) is 15.3 Å². The molecule has 0 saturated heterocycles. The molecule has 5 nitrogen and oxygen atoms in total. The molecule has 0 spiro atoms. The van der Waals surface area contributed by atoms with Crippen LogP contribution in [0.4, 0.5) is 24.5 Å². The molecule has 0 fully saturated rings. The molecule has 1 aromatic carbocycles. The SMILES string of the molecule is O=C(Nc1ccc(C(F)(F)F)cc1)c1nscc1NCc1ccccn1. The van der Waals surface area contributed by atoms with Crippen LogP contribution in [-0.2, 0) is 12.7 Å². The molecule has 9 heteroatoms. The number of carbonyl (C=O) groups is 1. The highest BCUT2D eigenvalue weighted by atomic mass is 32.1. The minimum absolute atomic E-state index is 0.172. The number of nitrogens with zero attached hydrogens (tertiary/aromatic N) is 2. The van der Waals surface area contributed by atoms with Crippen molar-refractivity contribution in [3.63, 3.8) is 0 Å². The normalized spacial score (nSPS) is 11.2. The highest BCUT2D eigenvalue weighted by Crippen LogP contribution is 2.30. The zero-order valence-corrected chi connectivity index (χ0v) is 14.1. The smallest absolute Gasteiger partial charge is 0.377 e. The summed E-state index contributed by atoms with van der Waals surface area (Å²) < 4.78 is 41.8. The lowest BCUT2D eigenvalue weighted by molar-refractivity contribution is -0.137. The largest absolute Gasteiger partial charge is 0.416 e. The monoisotopic (exact) mass is 378 g/mol. The van der Waals surface area contributed by atoms with Crippen LogP contribution in [0.5, 0.6) is 0 Å². The van der Waals surface area contributed by atoms with Gasteiger partial charge in [-0.1, -0.05) is 6.07 Å². The van der Waals surface area contributed by atoms with Gasteiger partial charge >= 0.3 is 6.18 Å². The van der Waals surface area contributed by atoms with Crippen LogP contribution >= 0.6 is 11.5 Å². The molecule has 2 N–H and O–H groups in total. The molecule has 0 unspecified atom stereocenters. The van der Waals surface area contributed by atoms with E-state index in [-0.39, 0.29) is 11.4 Å². The Balaban J connectivity index is 1.66. The Labute approximate surface area is 151 Å². The summed E-state index contributed by atoms with van der Waals surface area (Å²) >= 11 is 1.10. The van der Waals surface area contributed by atoms with Crippen LogP contribution in [0.15, 0.2) is 54.0 Å². The summed E-state index contributed by atoms with van der Waals surface area (Å²) in [7, 11) is 0. The number of aromatic nitrogens is 2. The summed E-state index contributed by atoms with van der Waals surface area (Å²) in [5.74, 6) is -0.505. The van der Waals surface area contributed by atoms with Crippen molar-refractivity contribution in [2.75, 3.05) is 10.6 Å². The Bertz CT molecular complexity index is 879. The Kier molecular flexibility index (Phi) is 5.17. The van der Waals surface area contributed by atoms with Crippen LogP contribution < -0.4 is 10.6 Å². The third kappa shape index (κ3) is 4.37. The van der Waals surface area contributed by atoms with Crippen LogP contribution in [0.1, 0.15) is 21.7 Å². The number of amides is 1. The summed E-state index contributed by atoms with van der Waals surface area (Å²) in [6.07, 6.45) is -2.75. The third-order valence-electron chi connectivity index (χ3n) is 3.44. The van der Waals surface area contributed by atoms with Crippen LogP contribution in [0.3, 0.4) is 0 Å². The van der Waals surface area contributed by atoms with E-state index < -0.39 is 17.6 Å². The number of benzene rings is 1. The fourth-order valence-electron chi connectivity index (χ4n) is 2.15. The summed E-state index contributed by atoms with van der Waals surface area (Å²) in [5, 5.41) is 7.31. The first kappa shape index (κ1) is 17.9. The van der Waals surface area contributed by atoms with Gasteiger partial charge in [-0.15, -0.1) is 0 Å². The van der Waals surface area contributed by atoms with Crippen molar-refractivity contribution in [3.05, 3.63) is 71.0 Å². The highest BCUT2D eigenvalue weighted by Gasteiger charge is 2.30. The number of hydrogen-bond donors (Lipinski definition) is 2. The zero-order valence-electron chi connectivity index (χ0n) is 13.2. The van der Waals surface area contributed by atoms with Crippen molar-refractivity contribution in [1.29, 1.82) is 0 Å². The number of halogens is 3. The van der Waals surface area contributed by atoms with Crippen molar-refractivity contribution < 1.29 is 18.0 Å². The van der Waals surface area contributed by atoms with Gasteiger partial charge in [0.1, 0.15) is 0 Å². The lowest BCUT2D eigenvalue weighted by Crippen LogP contribution is -2.15. The van der Waals surface area contributed by atoms with Gasteiger partial charge in [-0.3, -0.25) is 9.78 Å². The highest BCUT2D eigenvalue weighted by molar-refractivity contribution is 7.04.